The van der Waals surface area contributed by atoms with Gasteiger partial charge in [-0.3, -0.25) is 14.4 Å². The largest absolute Gasteiger partial charge is 0.463 e. The van der Waals surface area contributed by atoms with Crippen LogP contribution in [0.15, 0.2) is 0 Å². The van der Waals surface area contributed by atoms with Gasteiger partial charge in [-0.2, -0.15) is 5.26 Å². The number of hydrogen-bond acceptors (Lipinski definition) is 8. The van der Waals surface area contributed by atoms with Crippen LogP contribution in [0.4, 0.5) is 4.79 Å². The summed E-state index contributed by atoms with van der Waals surface area (Å²) in [5, 5.41) is 17.8. The van der Waals surface area contributed by atoms with Gasteiger partial charge in [0.25, 0.3) is 0 Å². The summed E-state index contributed by atoms with van der Waals surface area (Å²) in [5.41, 5.74) is -1.08. The summed E-state index contributed by atoms with van der Waals surface area (Å²) < 4.78 is 10.9. The molecule has 6 atom stereocenters. The third kappa shape index (κ3) is 5.87. The number of nitriles is 1. The van der Waals surface area contributed by atoms with Crippen molar-refractivity contribution >= 4 is 29.8 Å². The van der Waals surface area contributed by atoms with Crippen molar-refractivity contribution in [2.45, 2.75) is 90.1 Å². The molecule has 2 bridgehead atoms. The number of esters is 1. The van der Waals surface area contributed by atoms with Crippen molar-refractivity contribution in [2.24, 2.45) is 23.2 Å². The number of nitrogens with zero attached hydrogens (tertiary/aromatic N) is 2. The van der Waals surface area contributed by atoms with Crippen LogP contribution in [0.25, 0.3) is 0 Å². The molecule has 0 aromatic heterocycles. The molecule has 3 aliphatic heterocycles. The predicted molar refractivity (Wildman–Crippen MR) is 132 cm³/mol. The predicted octanol–water partition coefficient (Wildman–Crippen LogP) is 0.603. The van der Waals surface area contributed by atoms with Crippen molar-refractivity contribution in [3.05, 3.63) is 0 Å². The molecule has 4 rings (SSSR count). The van der Waals surface area contributed by atoms with E-state index in [4.69, 9.17) is 9.47 Å². The van der Waals surface area contributed by atoms with Gasteiger partial charge in [-0.25, -0.2) is 9.59 Å². The molecule has 3 N–H and O–H groups in total. The normalized spacial score (nSPS) is 33.7. The molecule has 4 aliphatic rings. The van der Waals surface area contributed by atoms with E-state index in [0.29, 0.717) is 6.42 Å². The van der Waals surface area contributed by atoms with Crippen molar-refractivity contribution in [1.82, 2.24) is 20.9 Å². The van der Waals surface area contributed by atoms with Gasteiger partial charge in [0.05, 0.1) is 12.7 Å². The Balaban J connectivity index is 1.69. The van der Waals surface area contributed by atoms with Gasteiger partial charge in [0.15, 0.2) is 0 Å². The molecule has 0 aromatic carbocycles. The highest BCUT2D eigenvalue weighted by atomic mass is 16.6. The molecule has 1 saturated carbocycles. The zero-order chi connectivity index (χ0) is 27.8. The molecule has 0 aromatic rings. The highest BCUT2D eigenvalue weighted by Crippen LogP contribution is 2.34. The average Bonchev–Trinajstić information content (AvgIpc) is 3.41. The van der Waals surface area contributed by atoms with Gasteiger partial charge < -0.3 is 30.3 Å². The Morgan fingerprint density at radius 2 is 1.84 bits per heavy atom. The average molecular weight is 532 g/mol. The van der Waals surface area contributed by atoms with Crippen LogP contribution >= 0.6 is 0 Å². The van der Waals surface area contributed by atoms with E-state index >= 15 is 0 Å². The van der Waals surface area contributed by atoms with Gasteiger partial charge >= 0.3 is 12.1 Å². The summed E-state index contributed by atoms with van der Waals surface area (Å²) >= 11 is 0. The first-order valence-corrected chi connectivity index (χ1v) is 13.4. The Kier molecular flexibility index (Phi) is 7.85. The number of alkyl carbamates (subject to hydrolysis) is 1. The van der Waals surface area contributed by atoms with E-state index in [0.717, 1.165) is 12.8 Å². The minimum Gasteiger partial charge on any atom is -0.463 e. The smallest absolute Gasteiger partial charge is 0.408 e. The summed E-state index contributed by atoms with van der Waals surface area (Å²) in [6.45, 7) is 7.38. The van der Waals surface area contributed by atoms with Gasteiger partial charge in [-0.05, 0) is 43.9 Å². The van der Waals surface area contributed by atoms with Gasteiger partial charge in [0.2, 0.25) is 17.7 Å². The SMILES string of the molecule is CC(C)[C@H]1CCN2C(=O)[C@@H](NC(=O)OC3CC3)C(C)(C)COC(=O)[C@@H]3C[C@@H](C[C@@H](C#N)NC(=O)[C@H]12)C(=O)N3. The molecule has 12 heteroatoms. The molecule has 208 valence electrons. The highest BCUT2D eigenvalue weighted by Gasteiger charge is 2.50. The van der Waals surface area contributed by atoms with Crippen LogP contribution in [0, 0.1) is 34.5 Å². The summed E-state index contributed by atoms with van der Waals surface area (Å²) in [6, 6.07) is -1.87. The number of ether oxygens (including phenoxy) is 2. The van der Waals surface area contributed by atoms with Crippen LogP contribution in [0.1, 0.15) is 59.8 Å². The Labute approximate surface area is 222 Å². The van der Waals surface area contributed by atoms with E-state index in [-0.39, 0.29) is 49.8 Å². The maximum Gasteiger partial charge on any atom is 0.408 e. The molecule has 3 heterocycles. The number of carbonyl (C=O) groups is 5. The lowest BCUT2D eigenvalue weighted by atomic mass is 9.83. The van der Waals surface area contributed by atoms with Crippen molar-refractivity contribution in [3.8, 4) is 6.07 Å². The number of amides is 4. The molecule has 4 fully saturated rings. The standard InChI is InChI=1S/C26H37N5O7/c1-13(2)17-7-8-31-19(17)22(33)28-15(11-27)9-14-10-18(29-21(14)32)24(35)37-12-26(3,4)20(23(31)34)30-25(36)38-16-5-6-16/h13-20H,5-10,12H2,1-4H3,(H,28,33)(H,29,32)(H,30,36)/t14-,15+,17-,18+,19+,20-/m1/s1. The zero-order valence-corrected chi connectivity index (χ0v) is 22.3. The van der Waals surface area contributed by atoms with Crippen molar-refractivity contribution < 1.29 is 33.4 Å². The molecule has 38 heavy (non-hydrogen) atoms. The second-order valence-corrected chi connectivity index (χ2v) is 11.9. The first-order chi connectivity index (χ1) is 17.9. The summed E-state index contributed by atoms with van der Waals surface area (Å²) in [6.07, 6.45) is 1.31. The Morgan fingerprint density at radius 3 is 2.47 bits per heavy atom. The molecule has 0 spiro atoms. The quantitative estimate of drug-likeness (QED) is 0.445. The minimum absolute atomic E-state index is 0.0353. The van der Waals surface area contributed by atoms with Gasteiger partial charge in [-0.15, -0.1) is 0 Å². The van der Waals surface area contributed by atoms with Crippen LogP contribution in [0.5, 0.6) is 0 Å². The number of rotatable bonds is 3. The van der Waals surface area contributed by atoms with E-state index in [1.54, 1.807) is 13.8 Å². The van der Waals surface area contributed by atoms with E-state index in [9.17, 15) is 29.2 Å². The lowest BCUT2D eigenvalue weighted by molar-refractivity contribution is -0.153. The zero-order valence-electron chi connectivity index (χ0n) is 22.3. The summed E-state index contributed by atoms with van der Waals surface area (Å²) in [4.78, 5) is 67.1. The third-order valence-electron chi connectivity index (χ3n) is 8.01. The lowest BCUT2D eigenvalue weighted by Crippen LogP contribution is -2.60. The minimum atomic E-state index is -1.16. The third-order valence-corrected chi connectivity index (χ3v) is 8.01. The van der Waals surface area contributed by atoms with E-state index in [2.05, 4.69) is 16.0 Å². The van der Waals surface area contributed by atoms with Crippen molar-refractivity contribution in [1.29, 1.82) is 5.26 Å². The van der Waals surface area contributed by atoms with Gasteiger partial charge in [0, 0.05) is 17.9 Å². The second-order valence-electron chi connectivity index (χ2n) is 11.9. The Bertz CT molecular complexity index is 1030. The van der Waals surface area contributed by atoms with Gasteiger partial charge in [0.1, 0.15) is 30.3 Å². The Hall–Kier alpha value is -3.36. The number of nitrogens with one attached hydrogen (secondary N) is 3. The fourth-order valence-corrected chi connectivity index (χ4v) is 5.57. The number of carbonyl (C=O) groups excluding carboxylic acids is 5. The number of cyclic esters (lactones) is 1. The first-order valence-electron chi connectivity index (χ1n) is 13.4. The van der Waals surface area contributed by atoms with E-state index in [1.165, 1.54) is 4.90 Å². The molecule has 3 saturated heterocycles. The van der Waals surface area contributed by atoms with Crippen molar-refractivity contribution in [3.63, 3.8) is 0 Å². The molecule has 0 radical (unpaired) electrons. The molecule has 0 unspecified atom stereocenters. The van der Waals surface area contributed by atoms with Crippen LogP contribution in [0.3, 0.4) is 0 Å². The Morgan fingerprint density at radius 1 is 1.13 bits per heavy atom. The monoisotopic (exact) mass is 531 g/mol. The highest BCUT2D eigenvalue weighted by molar-refractivity contribution is 5.93. The van der Waals surface area contributed by atoms with E-state index < -0.39 is 59.4 Å². The van der Waals surface area contributed by atoms with Gasteiger partial charge in [-0.1, -0.05) is 27.7 Å². The first kappa shape index (κ1) is 27.7. The molecular weight excluding hydrogens is 494 g/mol. The number of fused-ring (bicyclic) bond motifs is 3. The van der Waals surface area contributed by atoms with Crippen LogP contribution in [0.2, 0.25) is 0 Å². The maximum atomic E-state index is 14.0. The molecule has 4 amide bonds. The fraction of sp³-hybridized carbons (Fsp3) is 0.769. The second kappa shape index (κ2) is 10.8. The van der Waals surface area contributed by atoms with Crippen LogP contribution in [-0.4, -0.2) is 78.1 Å². The maximum absolute atomic E-state index is 14.0. The van der Waals surface area contributed by atoms with Crippen LogP contribution in [-0.2, 0) is 28.7 Å². The topological polar surface area (TPSA) is 167 Å². The fourth-order valence-electron chi connectivity index (χ4n) is 5.57. The summed E-state index contributed by atoms with van der Waals surface area (Å²) in [7, 11) is 0. The van der Waals surface area contributed by atoms with Crippen LogP contribution < -0.4 is 16.0 Å². The summed E-state index contributed by atoms with van der Waals surface area (Å²) in [5.74, 6) is -2.76. The lowest BCUT2D eigenvalue weighted by Gasteiger charge is -2.38. The number of hydrogen-bond donors (Lipinski definition) is 3. The molecule has 1 aliphatic carbocycles. The molecule has 12 nitrogen and oxygen atoms in total. The van der Waals surface area contributed by atoms with Crippen molar-refractivity contribution in [2.75, 3.05) is 13.2 Å². The molecular formula is C26H37N5O7. The van der Waals surface area contributed by atoms with E-state index in [1.807, 2.05) is 19.9 Å².